The van der Waals surface area contributed by atoms with E-state index in [2.05, 4.69) is 9.98 Å². The Kier molecular flexibility index (Phi) is 6.49. The highest BCUT2D eigenvalue weighted by Gasteiger charge is 2.20. The second kappa shape index (κ2) is 9.66. The van der Waals surface area contributed by atoms with Crippen LogP contribution in [-0.4, -0.2) is 32.4 Å². The summed E-state index contributed by atoms with van der Waals surface area (Å²) in [6.07, 6.45) is 4.60. The first-order valence-corrected chi connectivity index (χ1v) is 11.0. The number of amides is 1. The molecule has 3 heterocycles. The quantitative estimate of drug-likeness (QED) is 0.260. The van der Waals surface area contributed by atoms with Gasteiger partial charge in [-0.2, -0.15) is 4.99 Å². The molecule has 8 heteroatoms. The van der Waals surface area contributed by atoms with E-state index in [0.29, 0.717) is 11.3 Å². The number of nitrogens with zero attached hydrogens (tertiary/aromatic N) is 4. The van der Waals surface area contributed by atoms with Gasteiger partial charge in [-0.25, -0.2) is 9.78 Å². The first kappa shape index (κ1) is 22.8. The van der Waals surface area contributed by atoms with E-state index in [4.69, 9.17) is 4.74 Å². The van der Waals surface area contributed by atoms with Gasteiger partial charge in [-0.3, -0.25) is 14.0 Å². The summed E-state index contributed by atoms with van der Waals surface area (Å²) in [6, 6.07) is 15.7. The Bertz CT molecular complexity index is 1550. The molecule has 0 saturated carbocycles. The molecule has 0 N–H and O–H groups in total. The summed E-state index contributed by atoms with van der Waals surface area (Å²) < 4.78 is 8.26. The topological polar surface area (TPSA) is 95.0 Å². The lowest BCUT2D eigenvalue weighted by molar-refractivity contribution is -0.113. The summed E-state index contributed by atoms with van der Waals surface area (Å²) in [6.45, 7) is 5.55. The Balaban J connectivity index is 2.03. The zero-order valence-electron chi connectivity index (χ0n) is 19.1. The molecule has 172 valence electrons. The van der Waals surface area contributed by atoms with Gasteiger partial charge in [0.15, 0.2) is 5.49 Å². The van der Waals surface area contributed by atoms with Gasteiger partial charge in [-0.05, 0) is 50.6 Å². The zero-order valence-corrected chi connectivity index (χ0v) is 19.1. The van der Waals surface area contributed by atoms with Crippen molar-refractivity contribution >= 4 is 34.6 Å². The SMILES string of the molecule is CCOC(=O)c1cc2c(=O)n3ccccc3nc2n(C(C)C)c1=NC(=O)C=Cc1ccccc1. The lowest BCUT2D eigenvalue weighted by Gasteiger charge is -2.17. The lowest BCUT2D eigenvalue weighted by atomic mass is 10.2. The normalized spacial score (nSPS) is 12.2. The second-order valence-electron chi connectivity index (χ2n) is 7.84. The summed E-state index contributed by atoms with van der Waals surface area (Å²) in [5.74, 6) is -1.23. The average molecular weight is 457 g/mol. The van der Waals surface area contributed by atoms with Crippen LogP contribution in [0.15, 0.2) is 76.7 Å². The van der Waals surface area contributed by atoms with E-state index < -0.39 is 11.9 Å². The van der Waals surface area contributed by atoms with Crippen LogP contribution in [-0.2, 0) is 9.53 Å². The maximum Gasteiger partial charge on any atom is 0.341 e. The zero-order chi connectivity index (χ0) is 24.2. The molecule has 0 saturated heterocycles. The summed E-state index contributed by atoms with van der Waals surface area (Å²) in [5, 5.41) is 0.228. The van der Waals surface area contributed by atoms with Crippen LogP contribution in [0.2, 0.25) is 0 Å². The standard InChI is InChI=1S/C26H24N4O4/c1-4-34-26(33)20-16-19-23(27-21-12-8-9-15-29(21)25(19)32)30(17(2)3)24(20)28-22(31)14-13-18-10-6-5-7-11-18/h5-17H,4H2,1-3H3. The van der Waals surface area contributed by atoms with E-state index in [1.54, 1.807) is 42.0 Å². The van der Waals surface area contributed by atoms with E-state index in [0.717, 1.165) is 5.56 Å². The van der Waals surface area contributed by atoms with E-state index in [-0.39, 0.29) is 34.6 Å². The number of hydrogen-bond acceptors (Lipinski definition) is 5. The van der Waals surface area contributed by atoms with Gasteiger partial charge >= 0.3 is 5.97 Å². The molecule has 0 aliphatic carbocycles. The number of rotatable bonds is 5. The highest BCUT2D eigenvalue weighted by molar-refractivity contribution is 5.96. The van der Waals surface area contributed by atoms with Gasteiger partial charge in [0.05, 0.1) is 12.0 Å². The number of benzene rings is 1. The molecule has 0 spiro atoms. The van der Waals surface area contributed by atoms with Crippen LogP contribution >= 0.6 is 0 Å². The van der Waals surface area contributed by atoms with Gasteiger partial charge in [0.25, 0.3) is 11.5 Å². The van der Waals surface area contributed by atoms with Crippen molar-refractivity contribution in [3.05, 3.63) is 93.8 Å². The Morgan fingerprint density at radius 2 is 1.85 bits per heavy atom. The van der Waals surface area contributed by atoms with Crippen molar-refractivity contribution in [3.63, 3.8) is 0 Å². The van der Waals surface area contributed by atoms with Crippen molar-refractivity contribution in [2.75, 3.05) is 6.61 Å². The van der Waals surface area contributed by atoms with Crippen molar-refractivity contribution in [3.8, 4) is 0 Å². The molecule has 0 radical (unpaired) electrons. The smallest absolute Gasteiger partial charge is 0.341 e. The minimum Gasteiger partial charge on any atom is -0.462 e. The summed E-state index contributed by atoms with van der Waals surface area (Å²) >= 11 is 0. The van der Waals surface area contributed by atoms with Crippen LogP contribution in [0.3, 0.4) is 0 Å². The van der Waals surface area contributed by atoms with Crippen LogP contribution in [0.5, 0.6) is 0 Å². The minimum absolute atomic E-state index is 0.0271. The number of esters is 1. The fourth-order valence-corrected chi connectivity index (χ4v) is 3.68. The van der Waals surface area contributed by atoms with Gasteiger partial charge in [0, 0.05) is 18.3 Å². The summed E-state index contributed by atoms with van der Waals surface area (Å²) in [5.41, 5.74) is 1.41. The molecular formula is C26H24N4O4. The van der Waals surface area contributed by atoms with Crippen LogP contribution in [0.1, 0.15) is 42.7 Å². The minimum atomic E-state index is -0.671. The van der Waals surface area contributed by atoms with E-state index in [1.165, 1.54) is 16.5 Å². The van der Waals surface area contributed by atoms with Gasteiger partial charge in [0.2, 0.25) is 0 Å². The third-order valence-electron chi connectivity index (χ3n) is 5.18. The van der Waals surface area contributed by atoms with Crippen LogP contribution < -0.4 is 11.0 Å². The van der Waals surface area contributed by atoms with Crippen LogP contribution in [0, 0.1) is 0 Å². The van der Waals surface area contributed by atoms with Gasteiger partial charge in [-0.1, -0.05) is 36.4 Å². The van der Waals surface area contributed by atoms with Crippen LogP contribution in [0.4, 0.5) is 0 Å². The molecule has 0 aliphatic heterocycles. The Morgan fingerprint density at radius 1 is 1.12 bits per heavy atom. The first-order chi connectivity index (χ1) is 16.4. The number of pyridine rings is 2. The van der Waals surface area contributed by atoms with Crippen molar-refractivity contribution in [1.29, 1.82) is 0 Å². The fraction of sp³-hybridized carbons (Fsp3) is 0.192. The fourth-order valence-electron chi connectivity index (χ4n) is 3.68. The highest BCUT2D eigenvalue weighted by atomic mass is 16.5. The Morgan fingerprint density at radius 3 is 2.56 bits per heavy atom. The number of carbonyl (C=O) groups excluding carboxylic acids is 2. The summed E-state index contributed by atoms with van der Waals surface area (Å²) in [4.78, 5) is 47.8. The maximum atomic E-state index is 13.2. The molecule has 0 bridgehead atoms. The molecular weight excluding hydrogens is 432 g/mol. The molecule has 0 fully saturated rings. The van der Waals surface area contributed by atoms with Crippen molar-refractivity contribution < 1.29 is 14.3 Å². The average Bonchev–Trinajstić information content (AvgIpc) is 2.83. The third-order valence-corrected chi connectivity index (χ3v) is 5.18. The molecule has 0 aliphatic rings. The predicted octanol–water partition coefficient (Wildman–Crippen LogP) is 3.55. The van der Waals surface area contributed by atoms with Crippen LogP contribution in [0.25, 0.3) is 22.8 Å². The molecule has 0 unspecified atom stereocenters. The molecule has 34 heavy (non-hydrogen) atoms. The number of hydrogen-bond donors (Lipinski definition) is 0. The molecule has 8 nitrogen and oxygen atoms in total. The van der Waals surface area contributed by atoms with E-state index in [9.17, 15) is 14.4 Å². The summed E-state index contributed by atoms with van der Waals surface area (Å²) in [7, 11) is 0. The second-order valence-corrected chi connectivity index (χ2v) is 7.84. The monoisotopic (exact) mass is 456 g/mol. The number of ether oxygens (including phenoxy) is 1. The molecule has 4 rings (SSSR count). The number of carbonyl (C=O) groups is 2. The highest BCUT2D eigenvalue weighted by Crippen LogP contribution is 2.15. The maximum absolute atomic E-state index is 13.2. The van der Waals surface area contributed by atoms with Crippen molar-refractivity contribution in [2.45, 2.75) is 26.8 Å². The van der Waals surface area contributed by atoms with Gasteiger partial charge in [0.1, 0.15) is 16.9 Å². The molecule has 1 aromatic carbocycles. The van der Waals surface area contributed by atoms with Crippen molar-refractivity contribution in [1.82, 2.24) is 14.0 Å². The van der Waals surface area contributed by atoms with E-state index in [1.807, 2.05) is 44.2 Å². The number of fused-ring (bicyclic) bond motifs is 2. The predicted molar refractivity (Wildman–Crippen MR) is 129 cm³/mol. The van der Waals surface area contributed by atoms with Gasteiger partial charge in [-0.15, -0.1) is 0 Å². The van der Waals surface area contributed by atoms with E-state index >= 15 is 0 Å². The molecule has 3 aromatic heterocycles. The lowest BCUT2D eigenvalue weighted by Crippen LogP contribution is -2.33. The molecule has 4 aromatic rings. The largest absolute Gasteiger partial charge is 0.462 e. The van der Waals surface area contributed by atoms with Crippen molar-refractivity contribution in [2.24, 2.45) is 4.99 Å². The number of aromatic nitrogens is 3. The Labute approximate surface area is 195 Å². The first-order valence-electron chi connectivity index (χ1n) is 11.0. The van der Waals surface area contributed by atoms with Gasteiger partial charge < -0.3 is 9.30 Å². The molecule has 1 amide bonds. The third kappa shape index (κ3) is 4.43. The molecule has 0 atom stereocenters. The Hall–Kier alpha value is -4.33.